The molecule has 4 aliphatic rings. The number of aliphatic hydroxyl groups excluding tert-OH is 1. The number of benzene rings is 2. The fraction of sp³-hybridized carbons (Fsp3) is 0.574. The number of hydrogen-bond acceptors (Lipinski definition) is 15. The fourth-order valence-electron chi connectivity index (χ4n) is 10.5. The summed E-state index contributed by atoms with van der Waals surface area (Å²) in [5.41, 5.74) is -2.78. The number of ether oxygens (including phenoxy) is 3. The number of halogens is 8. The topological polar surface area (TPSA) is 202 Å². The second-order valence-corrected chi connectivity index (χ2v) is 22.1. The lowest BCUT2D eigenvalue weighted by atomic mass is 9.75. The monoisotopic (exact) mass is 1120 g/mol. The van der Waals surface area contributed by atoms with Crippen LogP contribution in [-0.4, -0.2) is 144 Å². The minimum Gasteiger partial charge on any atom is -0.469 e. The number of carbonyl (C=O) groups excluding carboxylic acids is 4. The molecule has 4 aromatic rings. The molecule has 5 heterocycles. The predicted octanol–water partition coefficient (Wildman–Crippen LogP) is 8.10. The third kappa shape index (κ3) is 13.2. The van der Waals surface area contributed by atoms with Gasteiger partial charge in [0.2, 0.25) is 17.7 Å². The number of esters is 1. The number of hydrazine groups is 1. The third-order valence-electron chi connectivity index (χ3n) is 16.0. The fourth-order valence-corrected chi connectivity index (χ4v) is 10.5. The first-order chi connectivity index (χ1) is 37.2. The Morgan fingerprint density at radius 2 is 1.42 bits per heavy atom. The highest BCUT2D eigenvalue weighted by molar-refractivity contribution is 5.88. The molecule has 1 saturated carbocycles. The first-order valence-electron chi connectivity index (χ1n) is 26.0. The van der Waals surface area contributed by atoms with Gasteiger partial charge < -0.3 is 34.0 Å². The first-order valence-corrected chi connectivity index (χ1v) is 26.0. The second kappa shape index (κ2) is 23.4. The summed E-state index contributed by atoms with van der Waals surface area (Å²) >= 11 is 0. The van der Waals surface area contributed by atoms with Crippen LogP contribution in [0.4, 0.5) is 45.7 Å². The van der Waals surface area contributed by atoms with Gasteiger partial charge in [0.25, 0.3) is 0 Å². The number of pyridine rings is 1. The average molecular weight is 1120 g/mol. The van der Waals surface area contributed by atoms with Crippen LogP contribution in [0.2, 0.25) is 0 Å². The van der Waals surface area contributed by atoms with Crippen LogP contribution in [0.5, 0.6) is 0 Å². The van der Waals surface area contributed by atoms with Gasteiger partial charge in [0.1, 0.15) is 23.5 Å². The molecule has 430 valence electrons. The summed E-state index contributed by atoms with van der Waals surface area (Å²) in [5, 5.41) is 22.7. The van der Waals surface area contributed by atoms with Crippen molar-refractivity contribution in [2.45, 2.75) is 128 Å². The Balaban J connectivity index is 1.09. The SMILES string of the molecule is COC(=O)C[C@H](C(=O)NN(Cc1c(F)cc(-c2nnc(C3CC3)o2)cc1F)C[C@H](O)[C@@H](CC(=O)[C@@H](NC(=O)OC)C(C)(C)C(F)(F)F)Cc1ccc(-c2ccc(N3CC4CCC(C3)N4C3COC3)nc2)cc1)C(C)(C)C(F)(F)F. The highest BCUT2D eigenvalue weighted by atomic mass is 19.4. The molecule has 0 spiro atoms. The Kier molecular flexibility index (Phi) is 17.4. The van der Waals surface area contributed by atoms with Crippen molar-refractivity contribution in [2.24, 2.45) is 22.7 Å². The third-order valence-corrected chi connectivity index (χ3v) is 16.0. The number of alkyl carbamates (subject to hydrolysis) is 1. The van der Waals surface area contributed by atoms with E-state index < -0.39 is 114 Å². The van der Waals surface area contributed by atoms with Crippen molar-refractivity contribution in [1.82, 2.24) is 35.8 Å². The zero-order valence-corrected chi connectivity index (χ0v) is 44.4. The summed E-state index contributed by atoms with van der Waals surface area (Å²) in [5.74, 6) is -9.29. The van der Waals surface area contributed by atoms with Gasteiger partial charge in [-0.1, -0.05) is 38.1 Å². The van der Waals surface area contributed by atoms with Gasteiger partial charge in [-0.2, -0.15) is 26.3 Å². The molecule has 2 bridgehead atoms. The number of methoxy groups -OCH3 is 2. The van der Waals surface area contributed by atoms with Crippen LogP contribution < -0.4 is 15.6 Å². The Bertz CT molecular complexity index is 2790. The molecule has 2 amide bonds. The number of fused-ring (bicyclic) bond motifs is 2. The van der Waals surface area contributed by atoms with Crippen LogP contribution in [0.15, 0.2) is 59.1 Å². The molecule has 3 aliphatic heterocycles. The summed E-state index contributed by atoms with van der Waals surface area (Å²) in [6.07, 6.45) is -10.4. The molecule has 2 aromatic carbocycles. The Morgan fingerprint density at radius 1 is 0.797 bits per heavy atom. The number of nitrogens with zero attached hydrogens (tertiary/aromatic N) is 6. The minimum absolute atomic E-state index is 0.00508. The Morgan fingerprint density at radius 3 is 1.95 bits per heavy atom. The summed E-state index contributed by atoms with van der Waals surface area (Å²) in [4.78, 5) is 63.1. The molecule has 1 aliphatic carbocycles. The van der Waals surface area contributed by atoms with E-state index in [-0.39, 0.29) is 29.7 Å². The van der Waals surface area contributed by atoms with Crippen molar-refractivity contribution >= 4 is 29.6 Å². The normalized spacial score (nSPS) is 19.8. The number of piperazine rings is 1. The van der Waals surface area contributed by atoms with E-state index in [1.807, 2.05) is 17.4 Å². The lowest BCUT2D eigenvalue weighted by Crippen LogP contribution is -2.62. The molecule has 3 N–H and O–H groups in total. The van der Waals surface area contributed by atoms with Crippen LogP contribution >= 0.6 is 0 Å². The van der Waals surface area contributed by atoms with Gasteiger partial charge in [0, 0.05) is 73.5 Å². The van der Waals surface area contributed by atoms with Crippen LogP contribution in [0.25, 0.3) is 22.6 Å². The van der Waals surface area contributed by atoms with E-state index in [0.717, 1.165) is 89.7 Å². The number of rotatable bonds is 22. The lowest BCUT2D eigenvalue weighted by Gasteiger charge is -2.48. The summed E-state index contributed by atoms with van der Waals surface area (Å²) in [7, 11) is 1.76. The number of Topliss-reactive ketones (excluding diaryl/α,β-unsaturated/α-hetero) is 1. The standard InChI is InChI=1S/C54H64F8N8O9/c1-51(2,53(57,58)59)39(21-45(73)76-5)47(74)67-69(25-38-40(55)18-34(19-41(38)56)49-66-65-48(79-49)31-11-12-31)26-43(72)33(20-42(71)46(64-50(75)77-6)52(3,4)54(60,61)62)17-29-7-9-30(10-8-29)32-13-16-44(63-22-32)68-23-35-14-15-36(24-68)70(35)37-27-78-28-37/h7-10,13,16,18-19,22,31,33,35-37,39,43,46,72H,11-12,14-15,17,20-21,23-28H2,1-6H3,(H,64,75)(H,67,74)/t33-,35?,36?,39-,43+,46-/m1/s1. The van der Waals surface area contributed by atoms with Crippen molar-refractivity contribution in [3.63, 3.8) is 0 Å². The summed E-state index contributed by atoms with van der Waals surface area (Å²) in [6, 6.07) is 11.2. The number of aromatic nitrogens is 3. The van der Waals surface area contributed by atoms with Crippen molar-refractivity contribution in [2.75, 3.05) is 52.0 Å². The van der Waals surface area contributed by atoms with E-state index in [4.69, 9.17) is 14.1 Å². The van der Waals surface area contributed by atoms with Gasteiger partial charge in [0.15, 0.2) is 5.78 Å². The Labute approximate surface area is 450 Å². The molecule has 3 saturated heterocycles. The number of aliphatic hydroxyl groups is 1. The maximum atomic E-state index is 16.2. The highest BCUT2D eigenvalue weighted by Gasteiger charge is 2.57. The summed E-state index contributed by atoms with van der Waals surface area (Å²) < 4.78 is 140. The highest BCUT2D eigenvalue weighted by Crippen LogP contribution is 2.46. The maximum Gasteiger partial charge on any atom is 0.407 e. The van der Waals surface area contributed by atoms with E-state index >= 15 is 8.78 Å². The van der Waals surface area contributed by atoms with E-state index in [0.29, 0.717) is 62.0 Å². The average Bonchev–Trinajstić information content (AvgIpc) is 4.18. The molecule has 17 nitrogen and oxygen atoms in total. The number of carbonyl (C=O) groups is 4. The van der Waals surface area contributed by atoms with Gasteiger partial charge in [-0.05, 0) is 87.3 Å². The number of anilines is 1. The van der Waals surface area contributed by atoms with Gasteiger partial charge in [0.05, 0.1) is 62.7 Å². The largest absolute Gasteiger partial charge is 0.469 e. The van der Waals surface area contributed by atoms with Crippen molar-refractivity contribution in [1.29, 1.82) is 0 Å². The first kappa shape index (κ1) is 58.8. The molecule has 6 atom stereocenters. The van der Waals surface area contributed by atoms with E-state index in [9.17, 15) is 50.6 Å². The quantitative estimate of drug-likeness (QED) is 0.0387. The zero-order chi connectivity index (χ0) is 57.4. The summed E-state index contributed by atoms with van der Waals surface area (Å²) in [6.45, 7) is 3.86. The van der Waals surface area contributed by atoms with Crippen molar-refractivity contribution in [3.05, 3.63) is 83.4 Å². The van der Waals surface area contributed by atoms with Gasteiger partial charge in [-0.15, -0.1) is 10.2 Å². The van der Waals surface area contributed by atoms with E-state index in [2.05, 4.69) is 34.9 Å². The smallest absolute Gasteiger partial charge is 0.407 e. The van der Waals surface area contributed by atoms with Gasteiger partial charge in [-0.25, -0.2) is 23.6 Å². The van der Waals surface area contributed by atoms with Crippen LogP contribution in [0.1, 0.15) is 89.2 Å². The number of amides is 2. The minimum atomic E-state index is -5.11. The number of alkyl halides is 6. The number of ketones is 1. The zero-order valence-electron chi connectivity index (χ0n) is 44.4. The van der Waals surface area contributed by atoms with Crippen LogP contribution in [0, 0.1) is 34.3 Å². The molecule has 4 fully saturated rings. The van der Waals surface area contributed by atoms with Crippen molar-refractivity contribution < 1.29 is 78.0 Å². The van der Waals surface area contributed by atoms with Crippen molar-refractivity contribution in [3.8, 4) is 22.6 Å². The van der Waals surface area contributed by atoms with E-state index in [1.54, 1.807) is 30.5 Å². The molecular formula is C54H64F8N8O9. The number of nitrogens with one attached hydrogen (secondary N) is 2. The molecule has 79 heavy (non-hydrogen) atoms. The molecular weight excluding hydrogens is 1060 g/mol. The molecule has 2 aromatic heterocycles. The van der Waals surface area contributed by atoms with Gasteiger partial charge >= 0.3 is 24.4 Å². The van der Waals surface area contributed by atoms with Crippen LogP contribution in [-0.2, 0) is 41.6 Å². The molecule has 0 radical (unpaired) electrons. The lowest BCUT2D eigenvalue weighted by molar-refractivity contribution is -0.231. The number of hydrogen-bond donors (Lipinski definition) is 3. The maximum absolute atomic E-state index is 16.2. The second-order valence-electron chi connectivity index (χ2n) is 22.1. The van der Waals surface area contributed by atoms with Crippen LogP contribution in [0.3, 0.4) is 0 Å². The molecule has 25 heteroatoms. The Hall–Kier alpha value is -6.31. The molecule has 2 unspecified atom stereocenters. The van der Waals surface area contributed by atoms with Gasteiger partial charge in [-0.3, -0.25) is 24.7 Å². The van der Waals surface area contributed by atoms with E-state index in [1.165, 1.54) is 0 Å². The molecule has 8 rings (SSSR count). The predicted molar refractivity (Wildman–Crippen MR) is 267 cm³/mol.